The van der Waals surface area contributed by atoms with E-state index in [9.17, 15) is 29.4 Å². The first-order chi connectivity index (χ1) is 17.0. The number of aliphatic carboxylic acids is 1. The molecule has 11 nitrogen and oxygen atoms in total. The van der Waals surface area contributed by atoms with Crippen LogP contribution in [0.3, 0.4) is 0 Å². The van der Waals surface area contributed by atoms with Crippen LogP contribution in [-0.2, 0) is 25.6 Å². The van der Waals surface area contributed by atoms with Gasteiger partial charge in [-0.15, -0.1) is 0 Å². The van der Waals surface area contributed by atoms with Crippen molar-refractivity contribution in [3.63, 3.8) is 0 Å². The van der Waals surface area contributed by atoms with Gasteiger partial charge < -0.3 is 37.6 Å². The molecule has 3 amide bonds. The second kappa shape index (κ2) is 16.0. The molecule has 0 spiro atoms. The van der Waals surface area contributed by atoms with Crippen LogP contribution in [0.2, 0.25) is 0 Å². The molecule has 0 saturated carbocycles. The smallest absolute Gasteiger partial charge is 0.326 e. The molecule has 9 N–H and O–H groups in total. The van der Waals surface area contributed by atoms with E-state index in [1.165, 1.54) is 12.1 Å². The average molecular weight is 526 g/mol. The van der Waals surface area contributed by atoms with Crippen molar-refractivity contribution < 1.29 is 29.4 Å². The number of aromatic hydroxyl groups is 1. The van der Waals surface area contributed by atoms with E-state index in [4.69, 9.17) is 11.5 Å². The van der Waals surface area contributed by atoms with E-state index in [0.29, 0.717) is 31.4 Å². The summed E-state index contributed by atoms with van der Waals surface area (Å²) in [5, 5.41) is 26.7. The molecule has 1 rings (SSSR count). The number of thiol groups is 1. The number of rotatable bonds is 16. The number of hydrogen-bond acceptors (Lipinski definition) is 8. The summed E-state index contributed by atoms with van der Waals surface area (Å²) < 4.78 is 0. The zero-order valence-electron chi connectivity index (χ0n) is 20.8. The van der Waals surface area contributed by atoms with E-state index in [1.54, 1.807) is 12.1 Å². The standard InChI is InChI=1S/C24H39N5O6S/c1-3-14(2)20(26)23(33)29-19(13-36)22(32)28-18(12-15-7-9-16(30)10-8-15)21(31)27-17(24(34)35)6-4-5-11-25/h7-10,14,17-20,30,36H,3-6,11-13,25-26H2,1-2H3,(H,27,31)(H,28,32)(H,29,33)(H,34,35). The Morgan fingerprint density at radius 1 is 0.944 bits per heavy atom. The second-order valence-corrected chi connectivity index (χ2v) is 9.14. The number of amides is 3. The Labute approximate surface area is 217 Å². The summed E-state index contributed by atoms with van der Waals surface area (Å²) >= 11 is 4.15. The van der Waals surface area contributed by atoms with E-state index in [2.05, 4.69) is 28.6 Å². The van der Waals surface area contributed by atoms with Crippen LogP contribution in [-0.4, -0.2) is 70.4 Å². The number of unbranched alkanes of at least 4 members (excludes halogenated alkanes) is 1. The molecule has 0 radical (unpaired) electrons. The summed E-state index contributed by atoms with van der Waals surface area (Å²) in [6, 6.07) is 1.86. The molecule has 0 aliphatic heterocycles. The molecule has 202 valence electrons. The number of phenolic OH excluding ortho intramolecular Hbond substituents is 1. The summed E-state index contributed by atoms with van der Waals surface area (Å²) in [5.74, 6) is -3.19. The highest BCUT2D eigenvalue weighted by Gasteiger charge is 2.30. The topological polar surface area (TPSA) is 197 Å². The number of phenols is 1. The molecule has 0 saturated heterocycles. The zero-order chi connectivity index (χ0) is 27.3. The average Bonchev–Trinajstić information content (AvgIpc) is 2.86. The van der Waals surface area contributed by atoms with E-state index in [1.807, 2.05) is 13.8 Å². The second-order valence-electron chi connectivity index (χ2n) is 8.77. The lowest BCUT2D eigenvalue weighted by molar-refractivity contribution is -0.142. The number of hydrogen-bond donors (Lipinski definition) is 8. The first-order valence-corrected chi connectivity index (χ1v) is 12.7. The molecule has 5 atom stereocenters. The third kappa shape index (κ3) is 10.4. The fourth-order valence-electron chi connectivity index (χ4n) is 3.35. The Hall–Kier alpha value is -2.83. The molecule has 1 aromatic carbocycles. The normalized spacial score (nSPS) is 15.1. The Kier molecular flexibility index (Phi) is 13.9. The molecule has 0 aliphatic carbocycles. The number of benzene rings is 1. The first kappa shape index (κ1) is 31.2. The molecule has 0 bridgehead atoms. The largest absolute Gasteiger partial charge is 0.508 e. The van der Waals surface area contributed by atoms with E-state index < -0.39 is 47.9 Å². The van der Waals surface area contributed by atoms with Gasteiger partial charge in [0.15, 0.2) is 0 Å². The summed E-state index contributed by atoms with van der Waals surface area (Å²) in [7, 11) is 0. The van der Waals surface area contributed by atoms with Gasteiger partial charge in [-0.3, -0.25) is 14.4 Å². The third-order valence-corrected chi connectivity index (χ3v) is 6.31. The molecular formula is C24H39N5O6S. The van der Waals surface area contributed by atoms with E-state index in [0.717, 1.165) is 0 Å². The highest BCUT2D eigenvalue weighted by molar-refractivity contribution is 7.80. The predicted molar refractivity (Wildman–Crippen MR) is 139 cm³/mol. The third-order valence-electron chi connectivity index (χ3n) is 5.95. The number of carbonyl (C=O) groups excluding carboxylic acids is 3. The van der Waals surface area contributed by atoms with Crippen molar-refractivity contribution >= 4 is 36.3 Å². The lowest BCUT2D eigenvalue weighted by atomic mass is 9.99. The number of carboxylic acids is 1. The van der Waals surface area contributed by atoms with Gasteiger partial charge in [-0.25, -0.2) is 4.79 Å². The van der Waals surface area contributed by atoms with Crippen molar-refractivity contribution in [1.29, 1.82) is 0 Å². The van der Waals surface area contributed by atoms with Crippen molar-refractivity contribution in [1.82, 2.24) is 16.0 Å². The Bertz CT molecular complexity index is 869. The quantitative estimate of drug-likeness (QED) is 0.108. The molecule has 0 fully saturated rings. The molecule has 36 heavy (non-hydrogen) atoms. The van der Waals surface area contributed by atoms with Crippen LogP contribution < -0.4 is 27.4 Å². The van der Waals surface area contributed by atoms with Gasteiger partial charge in [0.1, 0.15) is 23.9 Å². The van der Waals surface area contributed by atoms with Gasteiger partial charge in [0.25, 0.3) is 0 Å². The highest BCUT2D eigenvalue weighted by atomic mass is 32.1. The molecule has 0 aliphatic rings. The van der Waals surface area contributed by atoms with Crippen molar-refractivity contribution in [2.45, 2.75) is 70.1 Å². The van der Waals surface area contributed by atoms with Gasteiger partial charge in [0.05, 0.1) is 6.04 Å². The molecule has 0 aromatic heterocycles. The van der Waals surface area contributed by atoms with Gasteiger partial charge in [-0.2, -0.15) is 12.6 Å². The number of nitrogens with two attached hydrogens (primary N) is 2. The van der Waals surface area contributed by atoms with Crippen molar-refractivity contribution in [3.05, 3.63) is 29.8 Å². The van der Waals surface area contributed by atoms with Crippen LogP contribution in [0.5, 0.6) is 5.75 Å². The molecule has 0 heterocycles. The first-order valence-electron chi connectivity index (χ1n) is 12.0. The summed E-state index contributed by atoms with van der Waals surface area (Å²) in [5.41, 5.74) is 12.0. The van der Waals surface area contributed by atoms with Gasteiger partial charge in [0, 0.05) is 12.2 Å². The minimum absolute atomic E-state index is 0.0204. The van der Waals surface area contributed by atoms with Crippen molar-refractivity contribution in [2.24, 2.45) is 17.4 Å². The number of carboxylic acid groups (broad SMARTS) is 1. The fourth-order valence-corrected chi connectivity index (χ4v) is 3.60. The Morgan fingerprint density at radius 3 is 2.03 bits per heavy atom. The lowest BCUT2D eigenvalue weighted by Crippen LogP contribution is -2.58. The molecular weight excluding hydrogens is 486 g/mol. The molecule has 12 heteroatoms. The number of carbonyl (C=O) groups is 4. The van der Waals surface area contributed by atoms with Gasteiger partial charge >= 0.3 is 5.97 Å². The molecule has 1 aromatic rings. The maximum absolute atomic E-state index is 13.1. The summed E-state index contributed by atoms with van der Waals surface area (Å²) in [4.78, 5) is 50.2. The summed E-state index contributed by atoms with van der Waals surface area (Å²) in [6.07, 6.45) is 1.99. The summed E-state index contributed by atoms with van der Waals surface area (Å²) in [6.45, 7) is 4.12. The lowest BCUT2D eigenvalue weighted by Gasteiger charge is -2.25. The van der Waals surface area contributed by atoms with Crippen LogP contribution in [0, 0.1) is 5.92 Å². The van der Waals surface area contributed by atoms with Crippen LogP contribution in [0.15, 0.2) is 24.3 Å². The zero-order valence-corrected chi connectivity index (χ0v) is 21.7. The van der Waals surface area contributed by atoms with Crippen molar-refractivity contribution in [2.75, 3.05) is 12.3 Å². The molecule has 5 unspecified atom stereocenters. The van der Waals surface area contributed by atoms with Crippen LogP contribution in [0.1, 0.15) is 45.1 Å². The maximum atomic E-state index is 13.1. The van der Waals surface area contributed by atoms with Gasteiger partial charge in [-0.1, -0.05) is 32.4 Å². The van der Waals surface area contributed by atoms with E-state index >= 15 is 0 Å². The van der Waals surface area contributed by atoms with Crippen LogP contribution >= 0.6 is 12.6 Å². The minimum Gasteiger partial charge on any atom is -0.508 e. The predicted octanol–water partition coefficient (Wildman–Crippen LogP) is -0.0941. The minimum atomic E-state index is -1.20. The van der Waals surface area contributed by atoms with E-state index in [-0.39, 0.29) is 30.3 Å². The van der Waals surface area contributed by atoms with Crippen molar-refractivity contribution in [3.8, 4) is 5.75 Å². The Morgan fingerprint density at radius 2 is 1.50 bits per heavy atom. The monoisotopic (exact) mass is 525 g/mol. The maximum Gasteiger partial charge on any atom is 0.326 e. The Balaban J connectivity index is 3.04. The SMILES string of the molecule is CCC(C)C(N)C(=O)NC(CS)C(=O)NC(Cc1ccc(O)cc1)C(=O)NC(CCCCN)C(=O)O. The van der Waals surface area contributed by atoms with Gasteiger partial charge in [-0.05, 0) is 49.4 Å². The fraction of sp³-hybridized carbons (Fsp3) is 0.583. The number of nitrogens with one attached hydrogen (secondary N) is 3. The van der Waals surface area contributed by atoms with Crippen LogP contribution in [0.25, 0.3) is 0 Å². The highest BCUT2D eigenvalue weighted by Crippen LogP contribution is 2.12. The van der Waals surface area contributed by atoms with Gasteiger partial charge in [0.2, 0.25) is 17.7 Å². The van der Waals surface area contributed by atoms with Crippen LogP contribution in [0.4, 0.5) is 0 Å².